The van der Waals surface area contributed by atoms with Gasteiger partial charge in [-0.25, -0.2) is 8.78 Å². The van der Waals surface area contributed by atoms with Crippen LogP contribution < -0.4 is 10.6 Å². The lowest BCUT2D eigenvalue weighted by Gasteiger charge is -2.08. The second-order valence-corrected chi connectivity index (χ2v) is 4.79. The summed E-state index contributed by atoms with van der Waals surface area (Å²) < 4.78 is 36.2. The van der Waals surface area contributed by atoms with E-state index >= 15 is 0 Å². The van der Waals surface area contributed by atoms with Gasteiger partial charge < -0.3 is 19.8 Å². The van der Waals surface area contributed by atoms with Crippen molar-refractivity contribution < 1.29 is 32.3 Å². The maximum absolute atomic E-state index is 13.4. The number of nitrogens with one attached hydrogen (secondary N) is 2. The molecule has 2 aromatic rings. The number of benzene rings is 1. The van der Waals surface area contributed by atoms with Crippen molar-refractivity contribution in [3.8, 4) is 0 Å². The number of esters is 1. The molecule has 0 aliphatic heterocycles. The van der Waals surface area contributed by atoms with Gasteiger partial charge in [-0.2, -0.15) is 0 Å². The van der Waals surface area contributed by atoms with Gasteiger partial charge in [0.15, 0.2) is 12.4 Å². The molecule has 0 bridgehead atoms. The number of halogens is 2. The predicted molar refractivity (Wildman–Crippen MR) is 81.6 cm³/mol. The third-order valence-electron chi connectivity index (χ3n) is 2.95. The van der Waals surface area contributed by atoms with Crippen molar-refractivity contribution in [2.75, 3.05) is 18.5 Å². The average molecular weight is 352 g/mol. The molecule has 2 amide bonds. The Balaban J connectivity index is 1.69. The number of rotatable bonds is 7. The van der Waals surface area contributed by atoms with Crippen LogP contribution in [0.5, 0.6) is 0 Å². The van der Waals surface area contributed by atoms with Crippen LogP contribution in [0.1, 0.15) is 17.0 Å². The molecule has 0 unspecified atom stereocenters. The highest BCUT2D eigenvalue weighted by Gasteiger charge is 2.14. The van der Waals surface area contributed by atoms with Gasteiger partial charge in [0.25, 0.3) is 11.8 Å². The van der Waals surface area contributed by atoms with Crippen molar-refractivity contribution in [2.24, 2.45) is 0 Å². The summed E-state index contributed by atoms with van der Waals surface area (Å²) in [5, 5.41) is 4.40. The number of hydrogen-bond donors (Lipinski definition) is 2. The lowest BCUT2D eigenvalue weighted by molar-refractivity contribution is -0.147. The number of carbonyl (C=O) groups is 3. The van der Waals surface area contributed by atoms with E-state index in [1.54, 1.807) is 6.07 Å². The molecule has 0 atom stereocenters. The van der Waals surface area contributed by atoms with E-state index in [9.17, 15) is 23.2 Å². The van der Waals surface area contributed by atoms with E-state index < -0.39 is 41.7 Å². The van der Waals surface area contributed by atoms with Gasteiger partial charge in [-0.15, -0.1) is 0 Å². The van der Waals surface area contributed by atoms with Crippen LogP contribution >= 0.6 is 0 Å². The molecule has 0 saturated carbocycles. The van der Waals surface area contributed by atoms with Crippen LogP contribution in [0.15, 0.2) is 41.0 Å². The smallest absolute Gasteiger partial charge is 0.308 e. The van der Waals surface area contributed by atoms with Gasteiger partial charge in [0.05, 0.1) is 12.7 Å². The third-order valence-corrected chi connectivity index (χ3v) is 2.95. The van der Waals surface area contributed by atoms with Crippen LogP contribution in [0.4, 0.5) is 14.5 Å². The van der Waals surface area contributed by atoms with Crippen molar-refractivity contribution in [3.63, 3.8) is 0 Å². The first-order valence-corrected chi connectivity index (χ1v) is 7.18. The van der Waals surface area contributed by atoms with E-state index in [1.807, 2.05) is 5.32 Å². The number of ether oxygens (including phenoxy) is 1. The summed E-state index contributed by atoms with van der Waals surface area (Å²) >= 11 is 0. The van der Waals surface area contributed by atoms with Gasteiger partial charge in [-0.05, 0) is 24.3 Å². The SMILES string of the molecule is O=C(COC(=O)CCNC(=O)c1ccco1)Nc1c(F)cccc1F. The molecule has 0 aliphatic carbocycles. The Bertz CT molecular complexity index is 742. The first-order valence-electron chi connectivity index (χ1n) is 7.18. The van der Waals surface area contributed by atoms with Gasteiger partial charge in [-0.1, -0.05) is 6.07 Å². The Morgan fingerprint density at radius 3 is 2.44 bits per heavy atom. The second-order valence-electron chi connectivity index (χ2n) is 4.79. The lowest BCUT2D eigenvalue weighted by atomic mass is 10.3. The normalized spacial score (nSPS) is 10.2. The lowest BCUT2D eigenvalue weighted by Crippen LogP contribution is -2.27. The predicted octanol–water partition coefficient (Wildman–Crippen LogP) is 1.86. The highest BCUT2D eigenvalue weighted by atomic mass is 19.1. The molecule has 0 saturated heterocycles. The van der Waals surface area contributed by atoms with Crippen molar-refractivity contribution in [2.45, 2.75) is 6.42 Å². The Morgan fingerprint density at radius 1 is 1.08 bits per heavy atom. The number of hydrogen-bond acceptors (Lipinski definition) is 5. The molecule has 132 valence electrons. The maximum atomic E-state index is 13.4. The van der Waals surface area contributed by atoms with Crippen LogP contribution in [-0.4, -0.2) is 30.9 Å². The standard InChI is InChI=1S/C16H14F2N2O5/c17-10-3-1-4-11(18)15(10)20-13(21)9-25-14(22)6-7-19-16(23)12-5-2-8-24-12/h1-5,8H,6-7,9H2,(H,19,23)(H,20,21). The first kappa shape index (κ1) is 18.1. The molecule has 7 nitrogen and oxygen atoms in total. The molecule has 25 heavy (non-hydrogen) atoms. The largest absolute Gasteiger partial charge is 0.459 e. The van der Waals surface area contributed by atoms with Crippen LogP contribution in [-0.2, 0) is 14.3 Å². The summed E-state index contributed by atoms with van der Waals surface area (Å²) in [4.78, 5) is 34.6. The van der Waals surface area contributed by atoms with Crippen LogP contribution in [0.3, 0.4) is 0 Å². The summed E-state index contributed by atoms with van der Waals surface area (Å²) in [6.07, 6.45) is 1.15. The number of para-hydroxylation sites is 1. The van der Waals surface area contributed by atoms with E-state index in [4.69, 9.17) is 4.42 Å². The molecular weight excluding hydrogens is 338 g/mol. The molecule has 0 spiro atoms. The number of furan rings is 1. The molecule has 0 radical (unpaired) electrons. The minimum Gasteiger partial charge on any atom is -0.459 e. The summed E-state index contributed by atoms with van der Waals surface area (Å²) in [5.41, 5.74) is -0.616. The van der Waals surface area contributed by atoms with E-state index in [-0.39, 0.29) is 18.7 Å². The molecule has 1 heterocycles. The minimum absolute atomic E-state index is 0.0259. The van der Waals surface area contributed by atoms with E-state index in [1.165, 1.54) is 12.3 Å². The summed E-state index contributed by atoms with van der Waals surface area (Å²) in [6.45, 7) is -0.735. The molecule has 1 aromatic carbocycles. The topological polar surface area (TPSA) is 97.6 Å². The molecule has 0 fully saturated rings. The fourth-order valence-electron chi connectivity index (χ4n) is 1.78. The molecule has 1 aromatic heterocycles. The molecule has 2 N–H and O–H groups in total. The van der Waals surface area contributed by atoms with Crippen LogP contribution in [0.2, 0.25) is 0 Å². The zero-order valence-electron chi connectivity index (χ0n) is 12.9. The van der Waals surface area contributed by atoms with Gasteiger partial charge in [-0.3, -0.25) is 14.4 Å². The van der Waals surface area contributed by atoms with E-state index in [0.29, 0.717) is 0 Å². The average Bonchev–Trinajstić information content (AvgIpc) is 3.11. The Morgan fingerprint density at radius 2 is 1.80 bits per heavy atom. The van der Waals surface area contributed by atoms with Gasteiger partial charge in [0.2, 0.25) is 0 Å². The summed E-state index contributed by atoms with van der Waals surface area (Å²) in [7, 11) is 0. The summed E-state index contributed by atoms with van der Waals surface area (Å²) in [6, 6.07) is 6.11. The quantitative estimate of drug-likeness (QED) is 0.741. The van der Waals surface area contributed by atoms with Gasteiger partial charge >= 0.3 is 5.97 Å². The Kier molecular flexibility index (Phi) is 6.21. The van der Waals surface area contributed by atoms with Crippen LogP contribution in [0.25, 0.3) is 0 Å². The van der Waals surface area contributed by atoms with Crippen LogP contribution in [0, 0.1) is 11.6 Å². The molecule has 0 aliphatic rings. The molecule has 2 rings (SSSR count). The Hall–Kier alpha value is -3.23. The highest BCUT2D eigenvalue weighted by molar-refractivity contribution is 5.93. The third kappa shape index (κ3) is 5.41. The maximum Gasteiger partial charge on any atom is 0.308 e. The zero-order valence-corrected chi connectivity index (χ0v) is 12.9. The van der Waals surface area contributed by atoms with E-state index in [2.05, 4.69) is 10.1 Å². The monoisotopic (exact) mass is 352 g/mol. The number of amides is 2. The van der Waals surface area contributed by atoms with Crippen molar-refractivity contribution in [3.05, 3.63) is 54.0 Å². The number of carbonyl (C=O) groups excluding carboxylic acids is 3. The Labute approximate surface area is 141 Å². The first-order chi connectivity index (χ1) is 12.0. The molecular formula is C16H14F2N2O5. The van der Waals surface area contributed by atoms with Gasteiger partial charge in [0.1, 0.15) is 17.3 Å². The molecule has 9 heteroatoms. The summed E-state index contributed by atoms with van der Waals surface area (Å²) in [5.74, 6) is -3.94. The fraction of sp³-hybridized carbons (Fsp3) is 0.188. The fourth-order valence-corrected chi connectivity index (χ4v) is 1.78. The second kappa shape index (κ2) is 8.57. The van der Waals surface area contributed by atoms with E-state index in [0.717, 1.165) is 18.2 Å². The zero-order chi connectivity index (χ0) is 18.2. The van der Waals surface area contributed by atoms with Crippen molar-refractivity contribution in [1.82, 2.24) is 5.32 Å². The number of anilines is 1. The van der Waals surface area contributed by atoms with Crippen molar-refractivity contribution >= 4 is 23.5 Å². The van der Waals surface area contributed by atoms with Crippen molar-refractivity contribution in [1.29, 1.82) is 0 Å². The minimum atomic E-state index is -0.944. The highest BCUT2D eigenvalue weighted by Crippen LogP contribution is 2.17. The van der Waals surface area contributed by atoms with Gasteiger partial charge in [0, 0.05) is 6.54 Å².